The lowest BCUT2D eigenvalue weighted by atomic mass is 10.1. The minimum atomic E-state index is 0.137. The molecule has 1 aromatic heterocycles. The summed E-state index contributed by atoms with van der Waals surface area (Å²) in [7, 11) is 0. The molecular formula is C13H13BrClN3S. The zero-order valence-corrected chi connectivity index (χ0v) is 13.7. The van der Waals surface area contributed by atoms with Crippen molar-refractivity contribution >= 4 is 45.1 Å². The van der Waals surface area contributed by atoms with Crippen molar-refractivity contribution in [3.8, 4) is 0 Å². The summed E-state index contributed by atoms with van der Waals surface area (Å²) in [5, 5.41) is 4.44. The maximum absolute atomic E-state index is 5.97. The Bertz CT molecular complexity index is 580. The topological polar surface area (TPSA) is 37.8 Å². The Morgan fingerprint density at radius 3 is 2.79 bits per heavy atom. The summed E-state index contributed by atoms with van der Waals surface area (Å²) >= 11 is 10.9. The molecule has 0 aliphatic rings. The van der Waals surface area contributed by atoms with Crippen LogP contribution in [0.4, 0.5) is 5.82 Å². The third kappa shape index (κ3) is 4.09. The van der Waals surface area contributed by atoms with Crippen LogP contribution in [0.3, 0.4) is 0 Å². The zero-order valence-electron chi connectivity index (χ0n) is 10.5. The fraction of sp³-hybridized carbons (Fsp3) is 0.231. The maximum Gasteiger partial charge on any atom is 0.190 e. The van der Waals surface area contributed by atoms with Gasteiger partial charge in [-0.2, -0.15) is 0 Å². The Morgan fingerprint density at radius 2 is 2.11 bits per heavy atom. The van der Waals surface area contributed by atoms with Crippen LogP contribution in [-0.2, 0) is 0 Å². The molecule has 2 rings (SSSR count). The Morgan fingerprint density at radius 1 is 1.32 bits per heavy atom. The van der Waals surface area contributed by atoms with Crippen molar-refractivity contribution in [3.63, 3.8) is 0 Å². The van der Waals surface area contributed by atoms with Gasteiger partial charge in [0, 0.05) is 16.6 Å². The molecule has 0 spiro atoms. The van der Waals surface area contributed by atoms with Crippen molar-refractivity contribution in [1.82, 2.24) is 9.97 Å². The van der Waals surface area contributed by atoms with Gasteiger partial charge in [-0.05, 0) is 30.9 Å². The second kappa shape index (κ2) is 6.59. The summed E-state index contributed by atoms with van der Waals surface area (Å²) in [6, 6.07) is 10.0. The quantitative estimate of drug-likeness (QED) is 0.484. The highest BCUT2D eigenvalue weighted by Gasteiger charge is 2.08. The lowest BCUT2D eigenvalue weighted by molar-refractivity contribution is 0.855. The van der Waals surface area contributed by atoms with E-state index in [9.17, 15) is 0 Å². The molecule has 1 aromatic carbocycles. The van der Waals surface area contributed by atoms with E-state index in [4.69, 9.17) is 11.6 Å². The van der Waals surface area contributed by atoms with Gasteiger partial charge in [0.2, 0.25) is 0 Å². The van der Waals surface area contributed by atoms with Crippen LogP contribution in [0.1, 0.15) is 18.5 Å². The third-order valence-electron chi connectivity index (χ3n) is 2.57. The van der Waals surface area contributed by atoms with Crippen LogP contribution in [0.5, 0.6) is 0 Å². The van der Waals surface area contributed by atoms with Crippen molar-refractivity contribution in [1.29, 1.82) is 0 Å². The molecule has 1 N–H and O–H groups in total. The Labute approximate surface area is 130 Å². The molecule has 6 heteroatoms. The highest BCUT2D eigenvalue weighted by molar-refractivity contribution is 9.10. The first-order valence-electron chi connectivity index (χ1n) is 5.69. The molecule has 0 aliphatic carbocycles. The smallest absolute Gasteiger partial charge is 0.190 e. The third-order valence-corrected chi connectivity index (χ3v) is 3.80. The van der Waals surface area contributed by atoms with Gasteiger partial charge in [-0.15, -0.1) is 0 Å². The van der Waals surface area contributed by atoms with Crippen molar-refractivity contribution in [2.75, 3.05) is 11.6 Å². The van der Waals surface area contributed by atoms with E-state index in [-0.39, 0.29) is 6.04 Å². The highest BCUT2D eigenvalue weighted by Crippen LogP contribution is 2.23. The number of nitrogens with one attached hydrogen (secondary N) is 1. The van der Waals surface area contributed by atoms with Gasteiger partial charge in [-0.3, -0.25) is 0 Å². The number of thioether (sulfide) groups is 1. The summed E-state index contributed by atoms with van der Waals surface area (Å²) in [6.45, 7) is 2.08. The summed E-state index contributed by atoms with van der Waals surface area (Å²) in [5.74, 6) is 0.733. The first-order chi connectivity index (χ1) is 9.08. The first-order valence-corrected chi connectivity index (χ1v) is 8.08. The van der Waals surface area contributed by atoms with Crippen LogP contribution in [0.2, 0.25) is 5.15 Å². The minimum Gasteiger partial charge on any atom is -0.363 e. The van der Waals surface area contributed by atoms with E-state index in [0.29, 0.717) is 10.3 Å². The van der Waals surface area contributed by atoms with Crippen molar-refractivity contribution < 1.29 is 0 Å². The van der Waals surface area contributed by atoms with E-state index < -0.39 is 0 Å². The van der Waals surface area contributed by atoms with Crippen molar-refractivity contribution in [2.24, 2.45) is 0 Å². The normalized spacial score (nSPS) is 12.2. The molecule has 100 valence electrons. The van der Waals surface area contributed by atoms with E-state index in [1.807, 2.05) is 18.4 Å². The van der Waals surface area contributed by atoms with Crippen LogP contribution < -0.4 is 5.32 Å². The molecule has 0 fully saturated rings. The SMILES string of the molecule is CSc1nc(Cl)cc(NC(C)c2cccc(Br)c2)n1. The number of hydrogen-bond donors (Lipinski definition) is 1. The van der Waals surface area contributed by atoms with Gasteiger partial charge in [-0.1, -0.05) is 51.4 Å². The predicted octanol–water partition coefficient (Wildman–Crippen LogP) is 4.79. The average molecular weight is 359 g/mol. The van der Waals surface area contributed by atoms with E-state index in [0.717, 1.165) is 10.3 Å². The van der Waals surface area contributed by atoms with Gasteiger partial charge in [-0.25, -0.2) is 9.97 Å². The summed E-state index contributed by atoms with van der Waals surface area (Å²) in [4.78, 5) is 8.50. The van der Waals surface area contributed by atoms with Gasteiger partial charge >= 0.3 is 0 Å². The van der Waals surface area contributed by atoms with Gasteiger partial charge in [0.15, 0.2) is 5.16 Å². The molecule has 1 atom stereocenters. The second-order valence-corrected chi connectivity index (χ2v) is 6.06. The molecule has 0 bridgehead atoms. The van der Waals surface area contributed by atoms with Crippen LogP contribution in [0.25, 0.3) is 0 Å². The van der Waals surface area contributed by atoms with Gasteiger partial charge in [0.05, 0.1) is 0 Å². The van der Waals surface area contributed by atoms with E-state index in [2.05, 4.69) is 50.3 Å². The number of halogens is 2. The highest BCUT2D eigenvalue weighted by atomic mass is 79.9. The predicted molar refractivity (Wildman–Crippen MR) is 85.0 cm³/mol. The number of anilines is 1. The molecule has 3 nitrogen and oxygen atoms in total. The van der Waals surface area contributed by atoms with Crippen molar-refractivity contribution in [2.45, 2.75) is 18.1 Å². The van der Waals surface area contributed by atoms with Crippen molar-refractivity contribution in [3.05, 3.63) is 45.5 Å². The lowest BCUT2D eigenvalue weighted by Gasteiger charge is -2.15. The fourth-order valence-electron chi connectivity index (χ4n) is 1.64. The number of benzene rings is 1. The summed E-state index contributed by atoms with van der Waals surface area (Å²) in [5.41, 5.74) is 1.18. The molecular weight excluding hydrogens is 346 g/mol. The second-order valence-electron chi connectivity index (χ2n) is 3.98. The molecule has 0 saturated heterocycles. The largest absolute Gasteiger partial charge is 0.363 e. The van der Waals surface area contributed by atoms with Crippen LogP contribution in [-0.4, -0.2) is 16.2 Å². The van der Waals surface area contributed by atoms with Crippen LogP contribution in [0.15, 0.2) is 40.0 Å². The van der Waals surface area contributed by atoms with E-state index in [1.54, 1.807) is 6.07 Å². The van der Waals surface area contributed by atoms with Gasteiger partial charge < -0.3 is 5.32 Å². The molecule has 0 aliphatic heterocycles. The molecule has 1 unspecified atom stereocenters. The number of nitrogens with zero attached hydrogens (tertiary/aromatic N) is 2. The van der Waals surface area contributed by atoms with Gasteiger partial charge in [0.1, 0.15) is 11.0 Å². The first kappa shape index (κ1) is 14.6. The molecule has 1 heterocycles. The molecule has 2 aromatic rings. The summed E-state index contributed by atoms with van der Waals surface area (Å²) in [6.07, 6.45) is 1.92. The van der Waals surface area contributed by atoms with E-state index in [1.165, 1.54) is 17.3 Å². The maximum atomic E-state index is 5.97. The zero-order chi connectivity index (χ0) is 13.8. The standard InChI is InChI=1S/C13H13BrClN3S/c1-8(9-4-3-5-10(14)6-9)16-12-7-11(15)17-13(18-12)19-2/h3-8H,1-2H3,(H,16,17,18). The number of hydrogen-bond acceptors (Lipinski definition) is 4. The molecule has 0 radical (unpaired) electrons. The molecule has 19 heavy (non-hydrogen) atoms. The summed E-state index contributed by atoms with van der Waals surface area (Å²) < 4.78 is 1.06. The Kier molecular flexibility index (Phi) is 5.07. The molecule has 0 amide bonds. The lowest BCUT2D eigenvalue weighted by Crippen LogP contribution is -2.08. The van der Waals surface area contributed by atoms with Crippen LogP contribution >= 0.6 is 39.3 Å². The van der Waals surface area contributed by atoms with E-state index >= 15 is 0 Å². The minimum absolute atomic E-state index is 0.137. The molecule has 0 saturated carbocycles. The fourth-order valence-corrected chi connectivity index (χ4v) is 2.67. The monoisotopic (exact) mass is 357 g/mol. The average Bonchev–Trinajstić information content (AvgIpc) is 2.38. The number of rotatable bonds is 4. The van der Waals surface area contributed by atoms with Crippen LogP contribution in [0, 0.1) is 0 Å². The Balaban J connectivity index is 2.18. The number of aromatic nitrogens is 2. The van der Waals surface area contributed by atoms with Gasteiger partial charge in [0.25, 0.3) is 0 Å². The Hall–Kier alpha value is -0.780.